The molecule has 10 heteroatoms. The molecule has 0 aromatic carbocycles. The predicted octanol–water partition coefficient (Wildman–Crippen LogP) is 7.08. The molecule has 0 saturated carbocycles. The van der Waals surface area contributed by atoms with E-state index in [1.54, 1.807) is 0 Å². The molecule has 0 rings (SSSR count). The molecule has 0 atom stereocenters. The van der Waals surface area contributed by atoms with E-state index < -0.39 is 3.19 Å². The standard InChI is InChI=1S/8HI.2Ti/h8*1H;;/q;;;;;;;;2*+4/p-8. The first-order chi connectivity index (χ1) is 4.00. The summed E-state index contributed by atoms with van der Waals surface area (Å²) in [5, 5.41) is 0. The van der Waals surface area contributed by atoms with Crippen molar-refractivity contribution in [1.29, 1.82) is 0 Å². The van der Waals surface area contributed by atoms with Crippen LogP contribution in [0, 0.1) is 0 Å². The first-order valence-electron chi connectivity index (χ1n) is 1.51. The van der Waals surface area contributed by atoms with E-state index in [-0.39, 0.29) is 0 Å². The number of hydrogen-bond donors (Lipinski definition) is 0. The third kappa shape index (κ3) is 58.8. The van der Waals surface area contributed by atoms with Crippen LogP contribution in [0.5, 0.6) is 0 Å². The second kappa shape index (κ2) is 10.2. The van der Waals surface area contributed by atoms with Gasteiger partial charge in [-0.15, -0.1) is 0 Å². The third-order valence-electron chi connectivity index (χ3n) is 0. The van der Waals surface area contributed by atoms with Gasteiger partial charge in [0.25, 0.3) is 0 Å². The average molecular weight is 1110 g/mol. The quantitative estimate of drug-likeness (QED) is 0.180. The van der Waals surface area contributed by atoms with Gasteiger partial charge in [0.15, 0.2) is 0 Å². The normalized spacial score (nSPS) is 12.0. The van der Waals surface area contributed by atoms with Crippen LogP contribution in [0.2, 0.25) is 0 Å². The SMILES string of the molecule is [I][Ti]([I])([I])[I].[I][Ti]([I])([I])[I]. The molecule has 0 aliphatic heterocycles. The number of hydrogen-bond acceptors (Lipinski definition) is 0. The van der Waals surface area contributed by atoms with Crippen molar-refractivity contribution >= 4 is 154 Å². The Kier molecular flexibility index (Phi) is 20.0. The monoisotopic (exact) mass is 1110 g/mol. The van der Waals surface area contributed by atoms with Crippen molar-refractivity contribution in [2.75, 3.05) is 0 Å². The van der Waals surface area contributed by atoms with Crippen LogP contribution in [-0.2, 0) is 3.19 Å². The molecule has 0 saturated heterocycles. The van der Waals surface area contributed by atoms with Crippen LogP contribution in [0.3, 0.4) is 0 Å². The van der Waals surface area contributed by atoms with Gasteiger partial charge in [-0.05, 0) is 0 Å². The van der Waals surface area contributed by atoms with Crippen LogP contribution < -0.4 is 0 Å². The van der Waals surface area contributed by atoms with Crippen molar-refractivity contribution in [2.24, 2.45) is 0 Å². The van der Waals surface area contributed by atoms with Crippen molar-refractivity contribution in [1.82, 2.24) is 0 Å². The summed E-state index contributed by atoms with van der Waals surface area (Å²) in [7, 11) is 0. The minimum absolute atomic E-state index is 1.12. The maximum atomic E-state index is 2.53. The van der Waals surface area contributed by atoms with E-state index in [2.05, 4.69) is 154 Å². The van der Waals surface area contributed by atoms with Crippen molar-refractivity contribution in [3.05, 3.63) is 0 Å². The fourth-order valence-electron chi connectivity index (χ4n) is 0. The molecule has 0 spiro atoms. The van der Waals surface area contributed by atoms with Gasteiger partial charge in [-0.2, -0.15) is 0 Å². The summed E-state index contributed by atoms with van der Waals surface area (Å²) in [5.41, 5.74) is 0. The molecule has 0 aliphatic carbocycles. The van der Waals surface area contributed by atoms with Crippen LogP contribution in [0.4, 0.5) is 0 Å². The molecule has 0 amide bonds. The molecular formula is I8Ti2. The molecule has 0 aliphatic rings. The van der Waals surface area contributed by atoms with Gasteiger partial charge < -0.3 is 0 Å². The molecule has 10 heavy (non-hydrogen) atoms. The Morgan fingerprint density at radius 1 is 0.400 bits per heavy atom. The summed E-state index contributed by atoms with van der Waals surface area (Å²) in [6.45, 7) is 0. The van der Waals surface area contributed by atoms with Gasteiger partial charge in [0.1, 0.15) is 0 Å². The fraction of sp³-hybridized carbons (Fsp3) is 0. The minimum atomic E-state index is -1.12. The second-order valence-electron chi connectivity index (χ2n) is 0.857. The van der Waals surface area contributed by atoms with E-state index in [9.17, 15) is 0 Å². The van der Waals surface area contributed by atoms with E-state index in [1.165, 1.54) is 0 Å². The van der Waals surface area contributed by atoms with Gasteiger partial charge in [0.2, 0.25) is 0 Å². The van der Waals surface area contributed by atoms with E-state index in [0.717, 1.165) is 0 Å². The van der Waals surface area contributed by atoms with Crippen LogP contribution in [0.15, 0.2) is 0 Å². The number of rotatable bonds is 0. The van der Waals surface area contributed by atoms with Gasteiger partial charge in [0.05, 0.1) is 0 Å². The third-order valence-corrected chi connectivity index (χ3v) is 0. The van der Waals surface area contributed by atoms with Crippen LogP contribution in [0.25, 0.3) is 0 Å². The van der Waals surface area contributed by atoms with Crippen molar-refractivity contribution < 1.29 is 3.19 Å². The molecule has 0 aromatic rings. The Hall–Kier alpha value is 7.27. The van der Waals surface area contributed by atoms with Gasteiger partial charge >= 0.3 is 157 Å². The van der Waals surface area contributed by atoms with Gasteiger partial charge in [-0.1, -0.05) is 0 Å². The van der Waals surface area contributed by atoms with E-state index in [4.69, 9.17) is 0 Å². The molecule has 0 bridgehead atoms. The van der Waals surface area contributed by atoms with Crippen molar-refractivity contribution in [2.45, 2.75) is 0 Å². The zero-order chi connectivity index (χ0) is 9.00. The molecular weight excluding hydrogens is 1110 g/mol. The summed E-state index contributed by atoms with van der Waals surface area (Å²) in [6, 6.07) is 0. The first kappa shape index (κ1) is 19.6. The summed E-state index contributed by atoms with van der Waals surface area (Å²) < 4.78 is -2.24. The Balaban J connectivity index is 0. The molecule has 0 heterocycles. The zero-order valence-electron chi connectivity index (χ0n) is 4.02. The maximum absolute atomic E-state index is 2.53. The molecule has 64 valence electrons. The molecule has 0 fully saturated rings. The topological polar surface area (TPSA) is 0 Å². The van der Waals surface area contributed by atoms with E-state index >= 15 is 0 Å². The number of halogens is 8. The van der Waals surface area contributed by atoms with Crippen LogP contribution >= 0.6 is 154 Å². The molecule has 0 N–H and O–H groups in total. The molecule has 0 nitrogen and oxygen atoms in total. The van der Waals surface area contributed by atoms with E-state index in [1.807, 2.05) is 0 Å². The zero-order valence-corrected chi connectivity index (χ0v) is 24.4. The first-order valence-corrected chi connectivity index (χ1v) is 41.8. The molecule has 0 aromatic heterocycles. The van der Waals surface area contributed by atoms with Crippen LogP contribution in [0.1, 0.15) is 0 Å². The second-order valence-corrected chi connectivity index (χ2v) is 159. The Morgan fingerprint density at radius 2 is 0.400 bits per heavy atom. The fourth-order valence-corrected chi connectivity index (χ4v) is 0. The summed E-state index contributed by atoms with van der Waals surface area (Å²) >= 11 is 20.2. The van der Waals surface area contributed by atoms with E-state index in [0.29, 0.717) is 0 Å². The Bertz CT molecular complexity index is 50.2. The van der Waals surface area contributed by atoms with Crippen molar-refractivity contribution in [3.8, 4) is 0 Å². The summed E-state index contributed by atoms with van der Waals surface area (Å²) in [4.78, 5) is 0. The Morgan fingerprint density at radius 3 is 0.400 bits per heavy atom. The van der Waals surface area contributed by atoms with Gasteiger partial charge in [-0.3, -0.25) is 0 Å². The summed E-state index contributed by atoms with van der Waals surface area (Å²) in [5.74, 6) is 0. The molecule has 0 radical (unpaired) electrons. The predicted molar refractivity (Wildman–Crippen MR) is 112 cm³/mol. The van der Waals surface area contributed by atoms with Crippen LogP contribution in [-0.4, -0.2) is 0 Å². The van der Waals surface area contributed by atoms with Gasteiger partial charge in [0, 0.05) is 0 Å². The van der Waals surface area contributed by atoms with Gasteiger partial charge in [-0.25, -0.2) is 0 Å². The molecule has 0 unspecified atom stereocenters. The Labute approximate surface area is 150 Å². The average Bonchev–Trinajstić information content (AvgIpc) is 1.12. The summed E-state index contributed by atoms with van der Waals surface area (Å²) in [6.07, 6.45) is 0. The van der Waals surface area contributed by atoms with Crippen molar-refractivity contribution in [3.63, 3.8) is 0 Å².